The van der Waals surface area contributed by atoms with E-state index in [2.05, 4.69) is 4.74 Å². The van der Waals surface area contributed by atoms with Crippen LogP contribution >= 0.6 is 0 Å². The van der Waals surface area contributed by atoms with E-state index in [1.807, 2.05) is 36.4 Å². The van der Waals surface area contributed by atoms with E-state index >= 15 is 0 Å². The fourth-order valence-corrected chi connectivity index (χ4v) is 0.385. The van der Waals surface area contributed by atoms with Crippen LogP contribution in [0.4, 0.5) is 0 Å². The lowest BCUT2D eigenvalue weighted by Crippen LogP contribution is -1.88. The van der Waals surface area contributed by atoms with E-state index in [-0.39, 0.29) is 18.1 Å². The number of rotatable bonds is 0. The lowest BCUT2D eigenvalue weighted by molar-refractivity contribution is -0.137. The highest BCUT2D eigenvalue weighted by molar-refractivity contribution is 5.65. The summed E-state index contributed by atoms with van der Waals surface area (Å²) in [5.74, 6) is -0.245. The zero-order valence-corrected chi connectivity index (χ0v) is 10.9. The number of hydrogen-bond donors (Lipinski definition) is 2. The van der Waals surface area contributed by atoms with E-state index in [1.165, 1.54) is 14.0 Å². The molecule has 0 aliphatic heterocycles. The molecule has 17 heavy (non-hydrogen) atoms. The molecule has 1 rings (SSSR count). The Hall–Kier alpha value is -1.43. The molecule has 0 aliphatic carbocycles. The number of carbonyl (C=O) groups is 1. The molecule has 5 nitrogen and oxygen atoms in total. The summed E-state index contributed by atoms with van der Waals surface area (Å²) < 4.78 is 4.11. The Balaban J connectivity index is -0.0000000707. The second kappa shape index (κ2) is 29.3. The van der Waals surface area contributed by atoms with Crippen LogP contribution in [-0.4, -0.2) is 42.5 Å². The Morgan fingerprint density at radius 2 is 1.18 bits per heavy atom. The molecule has 1 aromatic rings. The van der Waals surface area contributed by atoms with Crippen molar-refractivity contribution in [1.82, 2.24) is 0 Å². The molecule has 0 aliphatic rings. The van der Waals surface area contributed by atoms with Gasteiger partial charge in [0.2, 0.25) is 0 Å². The van der Waals surface area contributed by atoms with Crippen LogP contribution in [0.3, 0.4) is 0 Å². The van der Waals surface area contributed by atoms with Gasteiger partial charge in [0.05, 0.1) is 7.11 Å². The smallest absolute Gasteiger partial charge is 0.302 e. The van der Waals surface area contributed by atoms with Crippen LogP contribution in [0.15, 0.2) is 36.4 Å². The van der Waals surface area contributed by atoms with Crippen LogP contribution in [0.5, 0.6) is 0 Å². The van der Waals surface area contributed by atoms with Crippen molar-refractivity contribution in [2.75, 3.05) is 20.8 Å². The highest BCUT2D eigenvalue weighted by Gasteiger charge is 1.75. The standard InChI is InChI=1S/C6H6.C3H6O2.C2H6O.CH4O.H2O/c1-2-4-6-5-3-1;1-3(4)5-2;1-2-3;1-2;/h1-6H;1-2H3;3H,2H2,1H3;2H,1H3;1H2. The molecule has 5 heteroatoms. The van der Waals surface area contributed by atoms with Gasteiger partial charge in [0.1, 0.15) is 0 Å². The molecule has 0 bridgehead atoms. The Kier molecular flexibility index (Phi) is 42.5. The first kappa shape index (κ1) is 24.7. The SMILES string of the molecule is CCO.CO.COC(C)=O.O.c1ccccc1. The molecule has 0 heterocycles. The third kappa shape index (κ3) is 53.3. The Morgan fingerprint density at radius 1 is 1.06 bits per heavy atom. The molecule has 0 aromatic heterocycles. The number of methoxy groups -OCH3 is 1. The summed E-state index contributed by atoms with van der Waals surface area (Å²) in [7, 11) is 2.35. The van der Waals surface area contributed by atoms with E-state index in [0.717, 1.165) is 7.11 Å². The fourth-order valence-electron chi connectivity index (χ4n) is 0.385. The third-order valence-corrected chi connectivity index (χ3v) is 0.954. The number of benzene rings is 1. The number of aliphatic hydroxyl groups excluding tert-OH is 2. The van der Waals surface area contributed by atoms with Gasteiger partial charge in [-0.1, -0.05) is 36.4 Å². The molecule has 4 N–H and O–H groups in total. The summed E-state index contributed by atoms with van der Waals surface area (Å²) in [5, 5.41) is 14.6. The summed E-state index contributed by atoms with van der Waals surface area (Å²) in [6.07, 6.45) is 0. The van der Waals surface area contributed by atoms with Crippen LogP contribution in [0.1, 0.15) is 13.8 Å². The molecular formula is C12H24O5. The van der Waals surface area contributed by atoms with Gasteiger partial charge in [0, 0.05) is 20.6 Å². The molecular weight excluding hydrogens is 224 g/mol. The highest BCUT2D eigenvalue weighted by atomic mass is 16.5. The van der Waals surface area contributed by atoms with Gasteiger partial charge in [-0.15, -0.1) is 0 Å². The van der Waals surface area contributed by atoms with Gasteiger partial charge in [-0.25, -0.2) is 0 Å². The van der Waals surface area contributed by atoms with E-state index < -0.39 is 0 Å². The lowest BCUT2D eigenvalue weighted by Gasteiger charge is -1.80. The first-order chi connectivity index (χ1) is 7.68. The summed E-state index contributed by atoms with van der Waals surface area (Å²) in [6, 6.07) is 12.0. The third-order valence-electron chi connectivity index (χ3n) is 0.954. The Bertz CT molecular complexity index is 175. The molecule has 0 atom stereocenters. The van der Waals surface area contributed by atoms with Crippen molar-refractivity contribution in [2.45, 2.75) is 13.8 Å². The first-order valence-corrected chi connectivity index (χ1v) is 4.79. The zero-order chi connectivity index (χ0) is 13.2. The van der Waals surface area contributed by atoms with Crippen LogP contribution in [0, 0.1) is 0 Å². The van der Waals surface area contributed by atoms with E-state index in [1.54, 1.807) is 6.92 Å². The average molecular weight is 248 g/mol. The monoisotopic (exact) mass is 248 g/mol. The van der Waals surface area contributed by atoms with E-state index in [4.69, 9.17) is 10.2 Å². The first-order valence-electron chi connectivity index (χ1n) is 4.79. The maximum atomic E-state index is 9.59. The van der Waals surface area contributed by atoms with Gasteiger partial charge >= 0.3 is 5.97 Å². The topological polar surface area (TPSA) is 98.3 Å². The van der Waals surface area contributed by atoms with Crippen molar-refractivity contribution in [3.63, 3.8) is 0 Å². The van der Waals surface area contributed by atoms with Gasteiger partial charge in [0.15, 0.2) is 0 Å². The minimum atomic E-state index is -0.245. The van der Waals surface area contributed by atoms with E-state index in [0.29, 0.717) is 0 Å². The number of ether oxygens (including phenoxy) is 1. The summed E-state index contributed by atoms with van der Waals surface area (Å²) in [4.78, 5) is 9.59. The fraction of sp³-hybridized carbons (Fsp3) is 0.417. The molecule has 0 spiro atoms. The largest absolute Gasteiger partial charge is 0.469 e. The summed E-state index contributed by atoms with van der Waals surface area (Å²) >= 11 is 0. The van der Waals surface area contributed by atoms with Gasteiger partial charge < -0.3 is 20.4 Å². The van der Waals surface area contributed by atoms with Gasteiger partial charge in [-0.3, -0.25) is 4.79 Å². The van der Waals surface area contributed by atoms with Gasteiger partial charge in [-0.05, 0) is 6.92 Å². The van der Waals surface area contributed by atoms with Crippen molar-refractivity contribution in [2.24, 2.45) is 0 Å². The molecule has 102 valence electrons. The average Bonchev–Trinajstić information content (AvgIpc) is 2.35. The minimum Gasteiger partial charge on any atom is -0.469 e. The van der Waals surface area contributed by atoms with Crippen molar-refractivity contribution < 1.29 is 25.2 Å². The summed E-state index contributed by atoms with van der Waals surface area (Å²) in [6.45, 7) is 3.29. The Labute approximate surface area is 103 Å². The Morgan fingerprint density at radius 3 is 1.24 bits per heavy atom. The molecule has 0 fully saturated rings. The molecule has 0 amide bonds. The van der Waals surface area contributed by atoms with Crippen LogP contribution in [0.25, 0.3) is 0 Å². The normalized spacial score (nSPS) is 6.24. The van der Waals surface area contributed by atoms with Crippen molar-refractivity contribution in [3.8, 4) is 0 Å². The van der Waals surface area contributed by atoms with Crippen molar-refractivity contribution >= 4 is 5.97 Å². The number of carbonyl (C=O) groups excluding carboxylic acids is 1. The molecule has 0 saturated carbocycles. The van der Waals surface area contributed by atoms with Gasteiger partial charge in [-0.2, -0.15) is 0 Å². The van der Waals surface area contributed by atoms with Crippen LogP contribution in [-0.2, 0) is 9.53 Å². The minimum absolute atomic E-state index is 0. The number of hydrogen-bond acceptors (Lipinski definition) is 4. The summed E-state index contributed by atoms with van der Waals surface area (Å²) in [5.41, 5.74) is 0. The molecule has 0 unspecified atom stereocenters. The maximum absolute atomic E-state index is 9.59. The number of aliphatic hydroxyl groups is 2. The van der Waals surface area contributed by atoms with Crippen LogP contribution < -0.4 is 0 Å². The molecule has 0 saturated heterocycles. The zero-order valence-electron chi connectivity index (χ0n) is 10.9. The molecule has 0 radical (unpaired) electrons. The van der Waals surface area contributed by atoms with Crippen molar-refractivity contribution in [3.05, 3.63) is 36.4 Å². The van der Waals surface area contributed by atoms with Crippen LogP contribution in [0.2, 0.25) is 0 Å². The maximum Gasteiger partial charge on any atom is 0.302 e. The highest BCUT2D eigenvalue weighted by Crippen LogP contribution is 1.79. The van der Waals surface area contributed by atoms with Gasteiger partial charge in [0.25, 0.3) is 0 Å². The molecule has 1 aromatic carbocycles. The predicted molar refractivity (Wildman–Crippen MR) is 68.6 cm³/mol. The van der Waals surface area contributed by atoms with Crippen molar-refractivity contribution in [1.29, 1.82) is 0 Å². The number of esters is 1. The second-order valence-electron chi connectivity index (χ2n) is 2.17. The second-order valence-corrected chi connectivity index (χ2v) is 2.17. The predicted octanol–water partition coefficient (Wildman–Crippen LogP) is 0.648. The quantitative estimate of drug-likeness (QED) is 0.658. The van der Waals surface area contributed by atoms with E-state index in [9.17, 15) is 4.79 Å². The lowest BCUT2D eigenvalue weighted by atomic mass is 10.4.